The zero-order valence-electron chi connectivity index (χ0n) is 14.1. The van der Waals surface area contributed by atoms with Crippen LogP contribution in [0.3, 0.4) is 0 Å². The van der Waals surface area contributed by atoms with Gasteiger partial charge in [0.05, 0.1) is 13.2 Å². The summed E-state index contributed by atoms with van der Waals surface area (Å²) in [4.78, 5) is 14.2. The number of likely N-dealkylation sites (N-methyl/N-ethyl adjacent to an activating group) is 1. The van der Waals surface area contributed by atoms with Crippen LogP contribution in [0.5, 0.6) is 0 Å². The summed E-state index contributed by atoms with van der Waals surface area (Å²) in [5, 5.41) is 1.60. The molecule has 1 fully saturated rings. The molecule has 3 rings (SSSR count). The Kier molecular flexibility index (Phi) is 5.24. The monoisotopic (exact) mass is 380 g/mol. The van der Waals surface area contributed by atoms with Crippen LogP contribution in [0.1, 0.15) is 21.3 Å². The molecular weight excluding hydrogens is 360 g/mol. The fraction of sp³-hybridized carbons (Fsp3) is 0.353. The molecule has 1 aromatic carbocycles. The molecule has 1 atom stereocenters. The van der Waals surface area contributed by atoms with Crippen molar-refractivity contribution in [2.24, 2.45) is 0 Å². The summed E-state index contributed by atoms with van der Waals surface area (Å²) < 4.78 is 32.8. The van der Waals surface area contributed by atoms with E-state index in [4.69, 9.17) is 4.74 Å². The molecule has 1 aliphatic rings. The van der Waals surface area contributed by atoms with E-state index < -0.39 is 16.0 Å². The van der Waals surface area contributed by atoms with Crippen LogP contribution >= 0.6 is 11.3 Å². The van der Waals surface area contributed by atoms with E-state index in [1.54, 1.807) is 5.38 Å². The zero-order chi connectivity index (χ0) is 18.0. The maximum absolute atomic E-state index is 13.3. The van der Waals surface area contributed by atoms with Gasteiger partial charge in [0, 0.05) is 19.6 Å². The second kappa shape index (κ2) is 7.25. The Morgan fingerprint density at radius 3 is 2.60 bits per heavy atom. The number of hydrogen-bond donors (Lipinski definition) is 0. The minimum absolute atomic E-state index is 0.0230. The van der Waals surface area contributed by atoms with Crippen LogP contribution in [0.25, 0.3) is 0 Å². The fourth-order valence-corrected chi connectivity index (χ4v) is 5.91. The molecule has 0 aliphatic carbocycles. The summed E-state index contributed by atoms with van der Waals surface area (Å²) in [7, 11) is -0.581. The minimum Gasteiger partial charge on any atom is -0.465 e. The van der Waals surface area contributed by atoms with Crippen LogP contribution in [0.2, 0.25) is 0 Å². The summed E-state index contributed by atoms with van der Waals surface area (Å²) in [5.41, 5.74) is 0.937. The van der Waals surface area contributed by atoms with Crippen LogP contribution in [0, 0.1) is 0 Å². The molecule has 2 aromatic rings. The molecule has 0 amide bonds. The van der Waals surface area contributed by atoms with Gasteiger partial charge in [0.25, 0.3) is 0 Å². The van der Waals surface area contributed by atoms with Gasteiger partial charge in [0.2, 0.25) is 10.0 Å². The summed E-state index contributed by atoms with van der Waals surface area (Å²) in [5.74, 6) is -0.626. The number of esters is 1. The lowest BCUT2D eigenvalue weighted by molar-refractivity contribution is 0.0602. The second-order valence-corrected chi connectivity index (χ2v) is 8.69. The van der Waals surface area contributed by atoms with Gasteiger partial charge in [0.1, 0.15) is 9.77 Å². The average Bonchev–Trinajstić information content (AvgIpc) is 3.12. The molecule has 25 heavy (non-hydrogen) atoms. The first-order valence-electron chi connectivity index (χ1n) is 7.86. The van der Waals surface area contributed by atoms with E-state index in [-0.39, 0.29) is 15.8 Å². The maximum atomic E-state index is 13.3. The third-order valence-corrected chi connectivity index (χ3v) is 7.28. The number of ether oxygens (including phenoxy) is 1. The van der Waals surface area contributed by atoms with Crippen molar-refractivity contribution in [3.05, 3.63) is 52.2 Å². The van der Waals surface area contributed by atoms with Crippen molar-refractivity contribution >= 4 is 27.3 Å². The third kappa shape index (κ3) is 3.48. The highest BCUT2D eigenvalue weighted by atomic mass is 32.2. The maximum Gasteiger partial charge on any atom is 0.349 e. The second-order valence-electron chi connectivity index (χ2n) is 5.91. The molecule has 1 aromatic heterocycles. The smallest absolute Gasteiger partial charge is 0.349 e. The summed E-state index contributed by atoms with van der Waals surface area (Å²) in [6.45, 7) is 1.61. The first-order chi connectivity index (χ1) is 11.9. The number of piperazine rings is 1. The molecule has 1 aliphatic heterocycles. The van der Waals surface area contributed by atoms with E-state index >= 15 is 0 Å². The van der Waals surface area contributed by atoms with Crippen molar-refractivity contribution < 1.29 is 17.9 Å². The number of hydrogen-bond acceptors (Lipinski definition) is 6. The van der Waals surface area contributed by atoms with Gasteiger partial charge in [-0.05, 0) is 24.1 Å². The molecule has 0 radical (unpaired) electrons. The topological polar surface area (TPSA) is 66.9 Å². The van der Waals surface area contributed by atoms with E-state index in [1.807, 2.05) is 37.4 Å². The Morgan fingerprint density at radius 1 is 1.20 bits per heavy atom. The highest BCUT2D eigenvalue weighted by molar-refractivity contribution is 7.89. The van der Waals surface area contributed by atoms with Gasteiger partial charge in [0.15, 0.2) is 0 Å². The lowest BCUT2D eigenvalue weighted by atomic mass is 10.1. The number of carbonyl (C=O) groups is 1. The predicted molar refractivity (Wildman–Crippen MR) is 96.2 cm³/mol. The van der Waals surface area contributed by atoms with Crippen molar-refractivity contribution in [2.75, 3.05) is 33.8 Å². The predicted octanol–water partition coefficient (Wildman–Crippen LogP) is 2.21. The number of methoxy groups -OCH3 is 1. The highest BCUT2D eigenvalue weighted by Gasteiger charge is 2.38. The first kappa shape index (κ1) is 18.1. The molecule has 1 saturated heterocycles. The Morgan fingerprint density at radius 2 is 1.92 bits per heavy atom. The van der Waals surface area contributed by atoms with Crippen LogP contribution in [-0.2, 0) is 14.8 Å². The zero-order valence-corrected chi connectivity index (χ0v) is 15.7. The molecule has 0 bridgehead atoms. The van der Waals surface area contributed by atoms with Crippen molar-refractivity contribution in [1.29, 1.82) is 0 Å². The van der Waals surface area contributed by atoms with Gasteiger partial charge in [-0.15, -0.1) is 11.3 Å². The van der Waals surface area contributed by atoms with Gasteiger partial charge in [-0.2, -0.15) is 4.31 Å². The Bertz CT molecular complexity index is 849. The first-order valence-corrected chi connectivity index (χ1v) is 10.2. The molecule has 0 spiro atoms. The summed E-state index contributed by atoms with van der Waals surface area (Å²) >= 11 is 1.08. The summed E-state index contributed by atoms with van der Waals surface area (Å²) in [6.07, 6.45) is 0. The number of benzene rings is 1. The van der Waals surface area contributed by atoms with Gasteiger partial charge >= 0.3 is 5.97 Å². The summed E-state index contributed by atoms with van der Waals surface area (Å²) in [6, 6.07) is 10.8. The van der Waals surface area contributed by atoms with Gasteiger partial charge in [-0.3, -0.25) is 0 Å². The molecule has 134 valence electrons. The molecule has 8 heteroatoms. The van der Waals surface area contributed by atoms with E-state index in [0.29, 0.717) is 19.6 Å². The van der Waals surface area contributed by atoms with Crippen molar-refractivity contribution in [3.8, 4) is 0 Å². The Labute approximate surface area is 151 Å². The molecule has 1 unspecified atom stereocenters. The van der Waals surface area contributed by atoms with Gasteiger partial charge < -0.3 is 9.64 Å². The van der Waals surface area contributed by atoms with Crippen molar-refractivity contribution in [2.45, 2.75) is 10.9 Å². The standard InChI is InChI=1S/C17H20N2O4S2/c1-18-9-10-19(14(12-18)13-6-4-3-5-7-13)25(21,22)15-8-11-24-16(15)17(20)23-2/h3-8,11,14H,9-10,12H2,1-2H3. The number of thiophene rings is 1. The number of sulfonamides is 1. The van der Waals surface area contributed by atoms with Crippen molar-refractivity contribution in [1.82, 2.24) is 9.21 Å². The molecular formula is C17H20N2O4S2. The molecule has 6 nitrogen and oxygen atoms in total. The Hall–Kier alpha value is -1.74. The largest absolute Gasteiger partial charge is 0.465 e. The van der Waals surface area contributed by atoms with Crippen LogP contribution in [0.15, 0.2) is 46.7 Å². The lowest BCUT2D eigenvalue weighted by Gasteiger charge is -2.39. The van der Waals surface area contributed by atoms with Crippen LogP contribution < -0.4 is 0 Å². The highest BCUT2D eigenvalue weighted by Crippen LogP contribution is 2.33. The van der Waals surface area contributed by atoms with E-state index in [9.17, 15) is 13.2 Å². The quantitative estimate of drug-likeness (QED) is 0.761. The number of carbonyl (C=O) groups excluding carboxylic acids is 1. The number of rotatable bonds is 4. The van der Waals surface area contributed by atoms with Crippen LogP contribution in [0.4, 0.5) is 0 Å². The normalized spacial score (nSPS) is 19.7. The van der Waals surface area contributed by atoms with Crippen molar-refractivity contribution in [3.63, 3.8) is 0 Å². The minimum atomic E-state index is -3.81. The molecule has 0 saturated carbocycles. The van der Waals surface area contributed by atoms with E-state index in [0.717, 1.165) is 16.9 Å². The lowest BCUT2D eigenvalue weighted by Crippen LogP contribution is -2.49. The molecule has 2 heterocycles. The van der Waals surface area contributed by atoms with Gasteiger partial charge in [-0.25, -0.2) is 13.2 Å². The fourth-order valence-electron chi connectivity index (χ4n) is 3.01. The number of nitrogens with zero attached hydrogens (tertiary/aromatic N) is 2. The Balaban J connectivity index is 2.03. The van der Waals surface area contributed by atoms with Crippen LogP contribution in [-0.4, -0.2) is 57.4 Å². The SMILES string of the molecule is COC(=O)c1sccc1S(=O)(=O)N1CCN(C)CC1c1ccccc1. The van der Waals surface area contributed by atoms with E-state index in [2.05, 4.69) is 4.90 Å². The average molecular weight is 380 g/mol. The molecule has 0 N–H and O–H groups in total. The van der Waals surface area contributed by atoms with E-state index in [1.165, 1.54) is 17.5 Å². The third-order valence-electron chi connectivity index (χ3n) is 4.31. The van der Waals surface area contributed by atoms with Gasteiger partial charge in [-0.1, -0.05) is 30.3 Å².